The molecule has 0 amide bonds. The van der Waals surface area contributed by atoms with E-state index in [1.165, 1.54) is 0 Å². The number of rotatable bonds is 1. The van der Waals surface area contributed by atoms with Crippen LogP contribution in [0.2, 0.25) is 0 Å². The molecular weight excluding hydrogens is 148 g/mol. The zero-order chi connectivity index (χ0) is 4.28. The first-order valence-corrected chi connectivity index (χ1v) is 1.49. The molecule has 0 saturated carbocycles. The van der Waals surface area contributed by atoms with Crippen LogP contribution in [0.4, 0.5) is 0 Å². The maximum atomic E-state index is 9.37. The molecule has 0 rings (SSSR count). The van der Waals surface area contributed by atoms with Crippen molar-refractivity contribution in [3.05, 3.63) is 0 Å². The van der Waals surface area contributed by atoms with E-state index in [1.807, 2.05) is 0 Å². The monoisotopic (exact) mass is 158 g/mol. The second-order valence-corrected chi connectivity index (χ2v) is 0.747. The fourth-order valence-electron chi connectivity index (χ4n) is 0. The molecule has 0 fully saturated rings. The third-order valence-electron chi connectivity index (χ3n) is 0.302. The van der Waals surface area contributed by atoms with Crippen molar-refractivity contribution in [1.82, 2.24) is 0 Å². The van der Waals surface area contributed by atoms with Crippen LogP contribution in [0.5, 0.6) is 0 Å². The van der Waals surface area contributed by atoms with E-state index >= 15 is 0 Å². The Morgan fingerprint density at radius 2 is 1.71 bits per heavy atom. The van der Waals surface area contributed by atoms with Crippen LogP contribution in [0.1, 0.15) is 13.3 Å². The van der Waals surface area contributed by atoms with E-state index in [1.54, 1.807) is 6.92 Å². The van der Waals surface area contributed by atoms with Gasteiger partial charge in [0, 0.05) is 6.42 Å². The first kappa shape index (κ1) is 16.0. The Morgan fingerprint density at radius 1 is 1.57 bits per heavy atom. The number of aliphatic carboxylic acids is 1. The van der Waals surface area contributed by atoms with Crippen LogP contribution in [-0.4, -0.2) is 86.6 Å². The molecular formula is C3H10Ca2O2. The summed E-state index contributed by atoms with van der Waals surface area (Å²) in [5, 5.41) is 7.72. The van der Waals surface area contributed by atoms with Crippen LogP contribution in [0, 0.1) is 0 Å². The molecule has 0 radical (unpaired) electrons. The van der Waals surface area contributed by atoms with Gasteiger partial charge in [0.1, 0.15) is 0 Å². The van der Waals surface area contributed by atoms with E-state index < -0.39 is 5.97 Å². The van der Waals surface area contributed by atoms with Crippen LogP contribution in [-0.2, 0) is 4.79 Å². The molecule has 0 atom stereocenters. The standard InChI is InChI=1S/C3H6O2.2Ca.4H/c1-2-3(4)5;;;;;;/h2H2,1H3,(H,4,5);;;;;;. The van der Waals surface area contributed by atoms with Gasteiger partial charge in [0.05, 0.1) is 0 Å². The normalized spacial score (nSPS) is 5.29. The number of carbonyl (C=O) groups is 1. The molecule has 7 heavy (non-hydrogen) atoms. The molecule has 0 aromatic carbocycles. The predicted octanol–water partition coefficient (Wildman–Crippen LogP) is -1.35. The van der Waals surface area contributed by atoms with Gasteiger partial charge >= 0.3 is 81.4 Å². The molecule has 0 spiro atoms. The summed E-state index contributed by atoms with van der Waals surface area (Å²) in [6.45, 7) is 1.60. The van der Waals surface area contributed by atoms with Crippen molar-refractivity contribution >= 4 is 81.4 Å². The second-order valence-electron chi connectivity index (χ2n) is 0.747. The Kier molecular flexibility index (Phi) is 24.9. The van der Waals surface area contributed by atoms with Crippen molar-refractivity contribution in [2.45, 2.75) is 13.3 Å². The Labute approximate surface area is 103 Å². The molecule has 0 aromatic heterocycles. The van der Waals surface area contributed by atoms with E-state index in [0.29, 0.717) is 0 Å². The van der Waals surface area contributed by atoms with Crippen LogP contribution in [0.25, 0.3) is 0 Å². The van der Waals surface area contributed by atoms with Gasteiger partial charge in [0.15, 0.2) is 0 Å². The molecule has 0 heterocycles. The SMILES string of the molecule is CCC(=O)O.[CaH2].[CaH2]. The molecule has 0 aliphatic carbocycles. The van der Waals surface area contributed by atoms with E-state index in [2.05, 4.69) is 0 Å². The van der Waals surface area contributed by atoms with Crippen molar-refractivity contribution in [2.24, 2.45) is 0 Å². The summed E-state index contributed by atoms with van der Waals surface area (Å²) in [4.78, 5) is 9.37. The topological polar surface area (TPSA) is 37.3 Å². The van der Waals surface area contributed by atoms with Crippen molar-refractivity contribution in [1.29, 1.82) is 0 Å². The molecule has 4 heteroatoms. The number of hydrogen-bond acceptors (Lipinski definition) is 1. The van der Waals surface area contributed by atoms with Gasteiger partial charge in [-0.15, -0.1) is 0 Å². The van der Waals surface area contributed by atoms with Crippen molar-refractivity contribution in [3.8, 4) is 0 Å². The molecule has 2 nitrogen and oxygen atoms in total. The van der Waals surface area contributed by atoms with Gasteiger partial charge in [-0.05, 0) is 0 Å². The Hall–Kier alpha value is 1.99. The van der Waals surface area contributed by atoms with Crippen molar-refractivity contribution in [2.75, 3.05) is 0 Å². The Balaban J connectivity index is -0.0000000800. The molecule has 0 aliphatic heterocycles. The summed E-state index contributed by atoms with van der Waals surface area (Å²) in [6, 6.07) is 0. The van der Waals surface area contributed by atoms with Gasteiger partial charge in [0.25, 0.3) is 0 Å². The summed E-state index contributed by atoms with van der Waals surface area (Å²) in [5.41, 5.74) is 0. The predicted molar refractivity (Wildman–Crippen MR) is 35.0 cm³/mol. The average molecular weight is 158 g/mol. The minimum absolute atomic E-state index is 0. The summed E-state index contributed by atoms with van der Waals surface area (Å²) in [7, 11) is 0. The summed E-state index contributed by atoms with van der Waals surface area (Å²) < 4.78 is 0. The summed E-state index contributed by atoms with van der Waals surface area (Å²) in [5.74, 6) is -0.745. The van der Waals surface area contributed by atoms with E-state index in [4.69, 9.17) is 5.11 Å². The zero-order valence-corrected chi connectivity index (χ0v) is 3.06. The minimum atomic E-state index is -0.745. The number of hydrogen-bond donors (Lipinski definition) is 1. The maximum absolute atomic E-state index is 9.37. The molecule has 0 aromatic rings. The fourth-order valence-corrected chi connectivity index (χ4v) is 0. The third kappa shape index (κ3) is 18.0. The van der Waals surface area contributed by atoms with Crippen molar-refractivity contribution in [3.63, 3.8) is 0 Å². The average Bonchev–Trinajstić information content (AvgIpc) is 1.38. The zero-order valence-electron chi connectivity index (χ0n) is 3.06. The van der Waals surface area contributed by atoms with E-state index in [0.717, 1.165) is 0 Å². The van der Waals surface area contributed by atoms with Gasteiger partial charge < -0.3 is 5.11 Å². The van der Waals surface area contributed by atoms with E-state index in [9.17, 15) is 4.79 Å². The first-order valence-electron chi connectivity index (χ1n) is 1.49. The van der Waals surface area contributed by atoms with Gasteiger partial charge in [0.2, 0.25) is 0 Å². The third-order valence-corrected chi connectivity index (χ3v) is 0.302. The molecule has 0 saturated heterocycles. The van der Waals surface area contributed by atoms with Gasteiger partial charge in [-0.3, -0.25) is 4.79 Å². The van der Waals surface area contributed by atoms with Gasteiger partial charge in [-0.2, -0.15) is 0 Å². The first-order chi connectivity index (χ1) is 2.27. The molecule has 0 unspecified atom stereocenters. The van der Waals surface area contributed by atoms with Crippen molar-refractivity contribution < 1.29 is 9.90 Å². The Bertz CT molecular complexity index is 46.2. The molecule has 38 valence electrons. The number of carboxylic acids is 1. The Morgan fingerprint density at radius 3 is 1.71 bits per heavy atom. The molecule has 0 bridgehead atoms. The van der Waals surface area contributed by atoms with Crippen LogP contribution in [0.3, 0.4) is 0 Å². The molecule has 0 aliphatic rings. The van der Waals surface area contributed by atoms with Crippen LogP contribution < -0.4 is 0 Å². The summed E-state index contributed by atoms with van der Waals surface area (Å²) >= 11 is 0. The van der Waals surface area contributed by atoms with Gasteiger partial charge in [-0.25, -0.2) is 0 Å². The quantitative estimate of drug-likeness (QED) is 0.479. The fraction of sp³-hybridized carbons (Fsp3) is 0.667. The van der Waals surface area contributed by atoms with Crippen LogP contribution >= 0.6 is 0 Å². The summed E-state index contributed by atoms with van der Waals surface area (Å²) in [6.07, 6.45) is 0.222. The second kappa shape index (κ2) is 10.9. The number of carboxylic acid groups (broad SMARTS) is 1. The van der Waals surface area contributed by atoms with Crippen LogP contribution in [0.15, 0.2) is 0 Å². The van der Waals surface area contributed by atoms with E-state index in [-0.39, 0.29) is 81.9 Å². The van der Waals surface area contributed by atoms with Gasteiger partial charge in [-0.1, -0.05) is 6.92 Å². The molecule has 1 N–H and O–H groups in total.